The van der Waals surface area contributed by atoms with Crippen molar-refractivity contribution in [3.05, 3.63) is 74.8 Å². The Balaban J connectivity index is 2.02. The number of nitrogens with one attached hydrogen (secondary N) is 1. The number of hydrogen-bond acceptors (Lipinski definition) is 4. The van der Waals surface area contributed by atoms with Gasteiger partial charge in [0, 0.05) is 41.9 Å². The lowest BCUT2D eigenvalue weighted by atomic mass is 10.1. The van der Waals surface area contributed by atoms with E-state index in [9.17, 15) is 14.9 Å². The van der Waals surface area contributed by atoms with Gasteiger partial charge in [0.05, 0.1) is 4.92 Å². The van der Waals surface area contributed by atoms with Crippen LogP contribution in [0.2, 0.25) is 5.02 Å². The van der Waals surface area contributed by atoms with E-state index in [0.717, 1.165) is 5.56 Å². The van der Waals surface area contributed by atoms with Crippen LogP contribution in [0.25, 0.3) is 0 Å². The highest BCUT2D eigenvalue weighted by molar-refractivity contribution is 6.31. The number of ether oxygens (including phenoxy) is 1. The molecule has 23 heavy (non-hydrogen) atoms. The minimum absolute atomic E-state index is 0.0626. The summed E-state index contributed by atoms with van der Waals surface area (Å²) in [6.07, 6.45) is -0.384. The number of nitro benzene ring substituents is 1. The van der Waals surface area contributed by atoms with E-state index in [4.69, 9.17) is 16.3 Å². The lowest BCUT2D eigenvalue weighted by Gasteiger charge is -2.17. The van der Waals surface area contributed by atoms with Gasteiger partial charge in [-0.2, -0.15) is 0 Å². The smallest absolute Gasteiger partial charge is 0.269 e. The molecule has 0 aliphatic carbocycles. The Morgan fingerprint density at radius 2 is 1.91 bits per heavy atom. The number of methoxy groups -OCH3 is 1. The molecule has 0 fully saturated rings. The predicted octanol–water partition coefficient (Wildman–Crippen LogP) is 3.37. The van der Waals surface area contributed by atoms with Gasteiger partial charge in [-0.05, 0) is 18.2 Å². The van der Waals surface area contributed by atoms with Crippen molar-refractivity contribution in [3.63, 3.8) is 0 Å². The summed E-state index contributed by atoms with van der Waals surface area (Å²) >= 11 is 6.12. The molecule has 2 aromatic rings. The van der Waals surface area contributed by atoms with Crippen LogP contribution in [-0.4, -0.2) is 24.5 Å². The molecule has 0 bridgehead atoms. The molecule has 6 nitrogen and oxygen atoms in total. The normalized spacial score (nSPS) is 11.7. The first kappa shape index (κ1) is 16.9. The van der Waals surface area contributed by atoms with Crippen molar-refractivity contribution in [2.75, 3.05) is 13.7 Å². The van der Waals surface area contributed by atoms with Crippen LogP contribution < -0.4 is 5.32 Å². The number of amides is 1. The van der Waals surface area contributed by atoms with Crippen LogP contribution in [0.3, 0.4) is 0 Å². The third kappa shape index (κ3) is 4.28. The largest absolute Gasteiger partial charge is 0.375 e. The zero-order chi connectivity index (χ0) is 16.8. The molecule has 1 atom stereocenters. The van der Waals surface area contributed by atoms with Gasteiger partial charge in [-0.3, -0.25) is 14.9 Å². The van der Waals surface area contributed by atoms with Crippen LogP contribution in [0.15, 0.2) is 48.5 Å². The zero-order valence-electron chi connectivity index (χ0n) is 12.4. The molecule has 120 valence electrons. The number of carbonyl (C=O) groups is 1. The van der Waals surface area contributed by atoms with Crippen LogP contribution in [0.4, 0.5) is 5.69 Å². The second-order valence-electron chi connectivity index (χ2n) is 4.76. The molecule has 0 spiro atoms. The van der Waals surface area contributed by atoms with Crippen molar-refractivity contribution in [3.8, 4) is 0 Å². The first-order valence-corrected chi connectivity index (χ1v) is 7.20. The number of halogens is 1. The molecule has 0 saturated heterocycles. The predicted molar refractivity (Wildman–Crippen MR) is 86.6 cm³/mol. The topological polar surface area (TPSA) is 81.5 Å². The molecule has 0 saturated carbocycles. The summed E-state index contributed by atoms with van der Waals surface area (Å²) in [6.45, 7) is 0.232. The Bertz CT molecular complexity index is 703. The second-order valence-corrected chi connectivity index (χ2v) is 5.17. The first-order chi connectivity index (χ1) is 11.0. The summed E-state index contributed by atoms with van der Waals surface area (Å²) in [7, 11) is 1.53. The third-order valence-corrected chi connectivity index (χ3v) is 3.67. The molecule has 0 radical (unpaired) electrons. The van der Waals surface area contributed by atoms with Gasteiger partial charge in [0.15, 0.2) is 0 Å². The van der Waals surface area contributed by atoms with Gasteiger partial charge < -0.3 is 10.1 Å². The Morgan fingerprint density at radius 1 is 1.26 bits per heavy atom. The van der Waals surface area contributed by atoms with Crippen LogP contribution in [0.1, 0.15) is 22.0 Å². The van der Waals surface area contributed by atoms with Gasteiger partial charge >= 0.3 is 0 Å². The van der Waals surface area contributed by atoms with Crippen LogP contribution in [-0.2, 0) is 4.74 Å². The van der Waals surface area contributed by atoms with Gasteiger partial charge in [-0.25, -0.2) is 0 Å². The molecule has 2 aromatic carbocycles. The van der Waals surface area contributed by atoms with Gasteiger partial charge in [0.2, 0.25) is 0 Å². The number of nitrogens with zero attached hydrogens (tertiary/aromatic N) is 1. The Hall–Kier alpha value is -2.44. The first-order valence-electron chi connectivity index (χ1n) is 6.83. The lowest BCUT2D eigenvalue weighted by Crippen LogP contribution is -2.29. The summed E-state index contributed by atoms with van der Waals surface area (Å²) in [5.74, 6) is -0.339. The molecule has 0 aromatic heterocycles. The summed E-state index contributed by atoms with van der Waals surface area (Å²) in [4.78, 5) is 22.2. The zero-order valence-corrected chi connectivity index (χ0v) is 13.1. The van der Waals surface area contributed by atoms with E-state index in [0.29, 0.717) is 10.6 Å². The van der Waals surface area contributed by atoms with E-state index in [1.807, 2.05) is 18.2 Å². The summed E-state index contributed by atoms with van der Waals surface area (Å²) < 4.78 is 5.37. The Kier molecular flexibility index (Phi) is 5.67. The van der Waals surface area contributed by atoms with Crippen molar-refractivity contribution < 1.29 is 14.5 Å². The highest BCUT2D eigenvalue weighted by Gasteiger charge is 2.16. The molecule has 1 amide bonds. The molecular formula is C16H15ClN2O4. The van der Waals surface area contributed by atoms with Gasteiger partial charge in [-0.1, -0.05) is 29.8 Å². The van der Waals surface area contributed by atoms with E-state index in [-0.39, 0.29) is 24.2 Å². The average Bonchev–Trinajstić information content (AvgIpc) is 2.56. The van der Waals surface area contributed by atoms with Crippen LogP contribution in [0, 0.1) is 10.1 Å². The number of nitro groups is 1. The number of rotatable bonds is 6. The average molecular weight is 335 g/mol. The fraction of sp³-hybridized carbons (Fsp3) is 0.188. The maximum atomic E-state index is 12.1. The van der Waals surface area contributed by atoms with Crippen molar-refractivity contribution in [2.24, 2.45) is 0 Å². The minimum Gasteiger partial charge on any atom is -0.375 e. The van der Waals surface area contributed by atoms with Gasteiger partial charge in [0.25, 0.3) is 11.6 Å². The van der Waals surface area contributed by atoms with Gasteiger partial charge in [0.1, 0.15) is 6.10 Å². The van der Waals surface area contributed by atoms with Crippen molar-refractivity contribution >= 4 is 23.2 Å². The maximum Gasteiger partial charge on any atom is 0.269 e. The Labute approximate surface area is 138 Å². The molecule has 1 N–H and O–H groups in total. The lowest BCUT2D eigenvalue weighted by molar-refractivity contribution is -0.384. The number of benzene rings is 2. The minimum atomic E-state index is -0.514. The van der Waals surface area contributed by atoms with E-state index >= 15 is 0 Å². The molecule has 2 rings (SSSR count). The number of carbonyl (C=O) groups excluding carboxylic acids is 1. The highest BCUT2D eigenvalue weighted by Crippen LogP contribution is 2.24. The molecule has 7 heteroatoms. The van der Waals surface area contributed by atoms with Crippen molar-refractivity contribution in [2.45, 2.75) is 6.10 Å². The maximum absolute atomic E-state index is 12.1. The van der Waals surface area contributed by atoms with Crippen molar-refractivity contribution in [1.82, 2.24) is 5.32 Å². The fourth-order valence-electron chi connectivity index (χ4n) is 2.08. The summed E-state index contributed by atoms with van der Waals surface area (Å²) in [5.41, 5.74) is 1.05. The quantitative estimate of drug-likeness (QED) is 0.648. The van der Waals surface area contributed by atoms with E-state index in [1.54, 1.807) is 6.07 Å². The number of hydrogen-bond donors (Lipinski definition) is 1. The molecule has 0 aliphatic heterocycles. The van der Waals surface area contributed by atoms with Crippen LogP contribution >= 0.6 is 11.6 Å². The summed E-state index contributed by atoms with van der Waals surface area (Å²) in [6, 6.07) is 12.6. The van der Waals surface area contributed by atoms with E-state index in [1.165, 1.54) is 31.4 Å². The molecular weight excluding hydrogens is 320 g/mol. The highest BCUT2D eigenvalue weighted by atomic mass is 35.5. The van der Waals surface area contributed by atoms with Crippen LogP contribution in [0.5, 0.6) is 0 Å². The van der Waals surface area contributed by atoms with E-state index < -0.39 is 4.92 Å². The second kappa shape index (κ2) is 7.71. The monoisotopic (exact) mass is 334 g/mol. The Morgan fingerprint density at radius 3 is 2.48 bits per heavy atom. The van der Waals surface area contributed by atoms with E-state index in [2.05, 4.69) is 5.32 Å². The molecule has 0 aliphatic rings. The molecule has 1 unspecified atom stereocenters. The SMILES string of the molecule is COC(CNC(=O)c1ccc([N+](=O)[O-])cc1)c1ccccc1Cl. The number of non-ortho nitro benzene ring substituents is 1. The summed E-state index contributed by atoms with van der Waals surface area (Å²) in [5, 5.41) is 13.9. The fourth-order valence-corrected chi connectivity index (χ4v) is 2.34. The standard InChI is InChI=1S/C16H15ClN2O4/c1-23-15(13-4-2-3-5-14(13)17)10-18-16(20)11-6-8-12(9-7-11)19(21)22/h2-9,15H,10H2,1H3,(H,18,20). The van der Waals surface area contributed by atoms with Gasteiger partial charge in [-0.15, -0.1) is 0 Å². The molecule has 0 heterocycles. The third-order valence-electron chi connectivity index (χ3n) is 3.32. The van der Waals surface area contributed by atoms with Crippen molar-refractivity contribution in [1.29, 1.82) is 0 Å².